The van der Waals surface area contributed by atoms with Crippen LogP contribution >= 0.6 is 27.5 Å². The SMILES string of the molecule is Clc1ccc(-c2ocnc2Br)cc1. The molecule has 0 radical (unpaired) electrons. The molecule has 66 valence electrons. The Bertz CT molecular complexity index is 410. The van der Waals surface area contributed by atoms with E-state index in [0.29, 0.717) is 9.63 Å². The monoisotopic (exact) mass is 257 g/mol. The average Bonchev–Trinajstić information content (AvgIpc) is 2.53. The number of hydrogen-bond donors (Lipinski definition) is 0. The molecule has 4 heteroatoms. The van der Waals surface area contributed by atoms with E-state index in [1.807, 2.05) is 24.3 Å². The Morgan fingerprint density at radius 2 is 1.92 bits per heavy atom. The minimum atomic E-state index is 0.704. The minimum Gasteiger partial charge on any atom is -0.442 e. The van der Waals surface area contributed by atoms with Gasteiger partial charge in [0.05, 0.1) is 0 Å². The van der Waals surface area contributed by atoms with E-state index in [4.69, 9.17) is 16.0 Å². The molecule has 1 heterocycles. The summed E-state index contributed by atoms with van der Waals surface area (Å²) in [7, 11) is 0. The van der Waals surface area contributed by atoms with Crippen LogP contribution in [0.5, 0.6) is 0 Å². The van der Waals surface area contributed by atoms with E-state index < -0.39 is 0 Å². The van der Waals surface area contributed by atoms with Crippen LogP contribution in [-0.2, 0) is 0 Å². The Kier molecular flexibility index (Phi) is 2.38. The largest absolute Gasteiger partial charge is 0.442 e. The fourth-order valence-corrected chi connectivity index (χ4v) is 1.55. The first-order chi connectivity index (χ1) is 6.27. The van der Waals surface area contributed by atoms with Crippen LogP contribution in [0.2, 0.25) is 5.02 Å². The highest BCUT2D eigenvalue weighted by Crippen LogP contribution is 2.27. The lowest BCUT2D eigenvalue weighted by atomic mass is 10.2. The topological polar surface area (TPSA) is 26.0 Å². The molecule has 2 rings (SSSR count). The smallest absolute Gasteiger partial charge is 0.182 e. The van der Waals surface area contributed by atoms with Crippen LogP contribution in [0.1, 0.15) is 0 Å². The normalized spacial score (nSPS) is 10.3. The molecule has 1 aromatic carbocycles. The van der Waals surface area contributed by atoms with Gasteiger partial charge in [-0.05, 0) is 40.2 Å². The van der Waals surface area contributed by atoms with Crippen molar-refractivity contribution in [2.75, 3.05) is 0 Å². The van der Waals surface area contributed by atoms with Crippen molar-refractivity contribution in [2.24, 2.45) is 0 Å². The number of nitrogens with zero attached hydrogens (tertiary/aromatic N) is 1. The van der Waals surface area contributed by atoms with Crippen molar-refractivity contribution in [3.63, 3.8) is 0 Å². The molecule has 0 fully saturated rings. The highest BCUT2D eigenvalue weighted by atomic mass is 79.9. The quantitative estimate of drug-likeness (QED) is 0.778. The standard InChI is InChI=1S/C9H5BrClNO/c10-9-8(13-5-12-9)6-1-3-7(11)4-2-6/h1-5H. The molecule has 13 heavy (non-hydrogen) atoms. The zero-order chi connectivity index (χ0) is 9.26. The molecule has 0 atom stereocenters. The molecule has 0 unspecified atom stereocenters. The molecule has 0 saturated heterocycles. The Balaban J connectivity index is 2.47. The third kappa shape index (κ3) is 1.76. The van der Waals surface area contributed by atoms with Crippen LogP contribution in [0.4, 0.5) is 0 Å². The molecule has 0 aliphatic carbocycles. The summed E-state index contributed by atoms with van der Waals surface area (Å²) < 4.78 is 5.89. The number of oxazole rings is 1. The van der Waals surface area contributed by atoms with Crippen molar-refractivity contribution in [1.29, 1.82) is 0 Å². The molecule has 0 N–H and O–H groups in total. The predicted octanol–water partition coefficient (Wildman–Crippen LogP) is 3.76. The van der Waals surface area contributed by atoms with Crippen molar-refractivity contribution in [3.8, 4) is 11.3 Å². The van der Waals surface area contributed by atoms with E-state index >= 15 is 0 Å². The highest BCUT2D eigenvalue weighted by molar-refractivity contribution is 9.10. The number of benzene rings is 1. The fourth-order valence-electron chi connectivity index (χ4n) is 1.02. The van der Waals surface area contributed by atoms with Crippen LogP contribution in [0.3, 0.4) is 0 Å². The fraction of sp³-hybridized carbons (Fsp3) is 0. The van der Waals surface area contributed by atoms with E-state index in [9.17, 15) is 0 Å². The van der Waals surface area contributed by atoms with E-state index in [0.717, 1.165) is 11.3 Å². The van der Waals surface area contributed by atoms with Crippen molar-refractivity contribution >= 4 is 27.5 Å². The van der Waals surface area contributed by atoms with Gasteiger partial charge in [-0.1, -0.05) is 11.6 Å². The first kappa shape index (κ1) is 8.78. The number of halogens is 2. The number of aromatic nitrogens is 1. The second kappa shape index (κ2) is 3.52. The van der Waals surface area contributed by atoms with Crippen molar-refractivity contribution < 1.29 is 4.42 Å². The summed E-state index contributed by atoms with van der Waals surface area (Å²) in [5.41, 5.74) is 0.953. The second-order valence-corrected chi connectivity index (χ2v) is 3.67. The number of rotatable bonds is 1. The van der Waals surface area contributed by atoms with Gasteiger partial charge in [0.2, 0.25) is 0 Å². The van der Waals surface area contributed by atoms with Gasteiger partial charge in [0.1, 0.15) is 0 Å². The lowest BCUT2D eigenvalue weighted by Gasteiger charge is -1.96. The Morgan fingerprint density at radius 3 is 2.46 bits per heavy atom. The molecular formula is C9H5BrClNO. The Hall–Kier alpha value is -0.800. The van der Waals surface area contributed by atoms with Gasteiger partial charge in [-0.15, -0.1) is 0 Å². The van der Waals surface area contributed by atoms with E-state index in [1.54, 1.807) is 0 Å². The van der Waals surface area contributed by atoms with Crippen LogP contribution in [0.25, 0.3) is 11.3 Å². The summed E-state index contributed by atoms with van der Waals surface area (Å²) >= 11 is 9.04. The first-order valence-corrected chi connectivity index (χ1v) is 4.79. The van der Waals surface area contributed by atoms with Crippen molar-refractivity contribution in [1.82, 2.24) is 4.98 Å². The van der Waals surface area contributed by atoms with Crippen LogP contribution in [-0.4, -0.2) is 4.98 Å². The van der Waals surface area contributed by atoms with Gasteiger partial charge < -0.3 is 4.42 Å². The number of hydrogen-bond acceptors (Lipinski definition) is 2. The van der Waals surface area contributed by atoms with Gasteiger partial charge in [-0.2, -0.15) is 0 Å². The van der Waals surface area contributed by atoms with Gasteiger partial charge in [0, 0.05) is 10.6 Å². The summed E-state index contributed by atoms with van der Waals surface area (Å²) in [6, 6.07) is 7.39. The van der Waals surface area contributed by atoms with Gasteiger partial charge in [-0.3, -0.25) is 0 Å². The van der Waals surface area contributed by atoms with E-state index in [2.05, 4.69) is 20.9 Å². The molecule has 1 aromatic heterocycles. The molecule has 0 aliphatic rings. The predicted molar refractivity (Wildman–Crippen MR) is 54.6 cm³/mol. The maximum Gasteiger partial charge on any atom is 0.182 e. The van der Waals surface area contributed by atoms with Crippen molar-refractivity contribution in [2.45, 2.75) is 0 Å². The molecule has 0 aliphatic heterocycles. The van der Waals surface area contributed by atoms with Crippen LogP contribution < -0.4 is 0 Å². The van der Waals surface area contributed by atoms with Gasteiger partial charge in [0.15, 0.2) is 16.8 Å². The maximum atomic E-state index is 5.75. The zero-order valence-corrected chi connectivity index (χ0v) is 8.84. The minimum absolute atomic E-state index is 0.704. The Morgan fingerprint density at radius 1 is 1.23 bits per heavy atom. The van der Waals surface area contributed by atoms with Gasteiger partial charge in [0.25, 0.3) is 0 Å². The van der Waals surface area contributed by atoms with Gasteiger partial charge >= 0.3 is 0 Å². The van der Waals surface area contributed by atoms with E-state index in [-0.39, 0.29) is 0 Å². The zero-order valence-electron chi connectivity index (χ0n) is 6.50. The summed E-state index contributed by atoms with van der Waals surface area (Å²) in [5, 5.41) is 0.708. The molecular weight excluding hydrogens is 253 g/mol. The highest BCUT2D eigenvalue weighted by Gasteiger charge is 2.06. The summed E-state index contributed by atoms with van der Waals surface area (Å²) in [4.78, 5) is 3.93. The summed E-state index contributed by atoms with van der Waals surface area (Å²) in [6.45, 7) is 0. The lowest BCUT2D eigenvalue weighted by Crippen LogP contribution is -1.74. The Labute approximate surface area is 88.7 Å². The first-order valence-electron chi connectivity index (χ1n) is 3.62. The molecule has 2 nitrogen and oxygen atoms in total. The third-order valence-corrected chi connectivity index (χ3v) is 2.45. The molecule has 0 bridgehead atoms. The molecule has 0 saturated carbocycles. The maximum absolute atomic E-state index is 5.75. The second-order valence-electron chi connectivity index (χ2n) is 2.48. The van der Waals surface area contributed by atoms with E-state index in [1.165, 1.54) is 6.39 Å². The van der Waals surface area contributed by atoms with Gasteiger partial charge in [-0.25, -0.2) is 4.98 Å². The molecule has 2 aromatic rings. The molecule has 0 amide bonds. The molecule has 0 spiro atoms. The van der Waals surface area contributed by atoms with Crippen molar-refractivity contribution in [3.05, 3.63) is 40.3 Å². The summed E-state index contributed by atoms with van der Waals surface area (Å²) in [5.74, 6) is 0.719. The third-order valence-electron chi connectivity index (χ3n) is 1.63. The lowest BCUT2D eigenvalue weighted by molar-refractivity contribution is 0.571. The summed E-state index contributed by atoms with van der Waals surface area (Å²) in [6.07, 6.45) is 1.40. The van der Waals surface area contributed by atoms with Crippen LogP contribution in [0.15, 0.2) is 39.7 Å². The average molecular weight is 259 g/mol. The van der Waals surface area contributed by atoms with Crippen LogP contribution in [0, 0.1) is 0 Å².